The zero-order valence-electron chi connectivity index (χ0n) is 22.6. The first kappa shape index (κ1) is 29.3. The average Bonchev–Trinajstić information content (AvgIpc) is 3.06. The Balaban J connectivity index is 2.37. The second-order valence-corrected chi connectivity index (χ2v) is 10.6. The first-order valence-corrected chi connectivity index (χ1v) is 12.6. The highest BCUT2D eigenvalue weighted by Gasteiger charge is 2.65. The predicted molar refractivity (Wildman–Crippen MR) is 130 cm³/mol. The van der Waals surface area contributed by atoms with E-state index in [-0.39, 0.29) is 6.42 Å². The number of hydrogen-bond donors (Lipinski definition) is 1. The summed E-state index contributed by atoms with van der Waals surface area (Å²) in [6.45, 7) is 12.4. The molecule has 3 rings (SSSR count). The zero-order valence-corrected chi connectivity index (χ0v) is 22.6. The molecule has 38 heavy (non-hydrogen) atoms. The predicted octanol–water partition coefficient (Wildman–Crippen LogP) is 2.08. The molecule has 1 heterocycles. The molecule has 0 aromatic heterocycles. The van der Waals surface area contributed by atoms with E-state index in [0.717, 1.165) is 0 Å². The number of fused-ring (bicyclic) bond motifs is 2. The summed E-state index contributed by atoms with van der Waals surface area (Å²) in [6, 6.07) is 0. The minimum Gasteiger partial charge on any atom is -0.462 e. The van der Waals surface area contributed by atoms with Crippen LogP contribution in [0, 0.1) is 11.3 Å². The summed E-state index contributed by atoms with van der Waals surface area (Å²) in [6.07, 6.45) is -3.99. The monoisotopic (exact) mass is 536 g/mol. The third kappa shape index (κ3) is 5.62. The fourth-order valence-corrected chi connectivity index (χ4v) is 6.15. The quantitative estimate of drug-likeness (QED) is 0.319. The molecule has 0 aromatic carbocycles. The van der Waals surface area contributed by atoms with Gasteiger partial charge in [-0.15, -0.1) is 0 Å². The molecule has 0 spiro atoms. The van der Waals surface area contributed by atoms with Crippen LogP contribution >= 0.6 is 0 Å². The topological polar surface area (TPSA) is 152 Å². The van der Waals surface area contributed by atoms with E-state index in [0.29, 0.717) is 24.0 Å². The van der Waals surface area contributed by atoms with E-state index in [1.54, 1.807) is 13.8 Å². The van der Waals surface area contributed by atoms with Gasteiger partial charge in [-0.05, 0) is 31.4 Å². The van der Waals surface area contributed by atoms with Crippen LogP contribution in [0.4, 0.5) is 0 Å². The lowest BCUT2D eigenvalue weighted by molar-refractivity contribution is -0.217. The van der Waals surface area contributed by atoms with E-state index in [1.807, 2.05) is 0 Å². The molecule has 1 N–H and O–H groups in total. The summed E-state index contributed by atoms with van der Waals surface area (Å²) in [5.41, 5.74) is -2.45. The fraction of sp³-hybridized carbons (Fsp3) is 0.667. The molecule has 11 nitrogen and oxygen atoms in total. The molecule has 11 heteroatoms. The maximum Gasteiger partial charge on any atom is 0.309 e. The van der Waals surface area contributed by atoms with Crippen LogP contribution in [0.15, 0.2) is 23.8 Å². The van der Waals surface area contributed by atoms with Crippen molar-refractivity contribution in [2.45, 2.75) is 103 Å². The molecule has 3 aliphatic rings. The van der Waals surface area contributed by atoms with Gasteiger partial charge in [-0.25, -0.2) is 0 Å². The zero-order chi connectivity index (χ0) is 28.6. The van der Waals surface area contributed by atoms with Crippen molar-refractivity contribution in [2.75, 3.05) is 0 Å². The van der Waals surface area contributed by atoms with Crippen LogP contribution in [0.2, 0.25) is 0 Å². The Morgan fingerprint density at radius 1 is 0.974 bits per heavy atom. The van der Waals surface area contributed by atoms with E-state index in [9.17, 15) is 29.1 Å². The van der Waals surface area contributed by atoms with Crippen LogP contribution in [-0.4, -0.2) is 71.1 Å². The average molecular weight is 537 g/mol. The molecule has 0 aromatic rings. The SMILES string of the molecule is C=C1CC[C@H](OC(C)=O)[C@]2(C)[C@@H](OC(C)=O)C[C@@H](OC(C)=O)C(C)=C[C@@H]3OC(=O)C[C@@]3(O)[C@@H](OC(C)=O)[C@@H]12. The van der Waals surface area contributed by atoms with E-state index < -0.39 is 83.7 Å². The van der Waals surface area contributed by atoms with E-state index in [2.05, 4.69) is 6.58 Å². The molecular formula is C27H36O11. The van der Waals surface area contributed by atoms with Crippen LogP contribution in [0.25, 0.3) is 0 Å². The number of hydrogen-bond acceptors (Lipinski definition) is 11. The van der Waals surface area contributed by atoms with Crippen LogP contribution in [0.3, 0.4) is 0 Å². The molecule has 1 aliphatic heterocycles. The van der Waals surface area contributed by atoms with Gasteiger partial charge >= 0.3 is 29.8 Å². The van der Waals surface area contributed by atoms with Gasteiger partial charge in [-0.2, -0.15) is 0 Å². The van der Waals surface area contributed by atoms with Crippen LogP contribution in [0.1, 0.15) is 67.2 Å². The highest BCUT2D eigenvalue weighted by Crippen LogP contribution is 2.55. The maximum absolute atomic E-state index is 12.6. The van der Waals surface area contributed by atoms with Gasteiger partial charge in [0.2, 0.25) is 0 Å². The summed E-state index contributed by atoms with van der Waals surface area (Å²) in [4.78, 5) is 61.6. The lowest BCUT2D eigenvalue weighted by Gasteiger charge is -2.55. The summed E-state index contributed by atoms with van der Waals surface area (Å²) in [5, 5.41) is 12.1. The van der Waals surface area contributed by atoms with Crippen molar-refractivity contribution in [3.8, 4) is 0 Å². The number of ether oxygens (including phenoxy) is 5. The molecule has 1 saturated carbocycles. The summed E-state index contributed by atoms with van der Waals surface area (Å²) in [7, 11) is 0. The third-order valence-electron chi connectivity index (χ3n) is 7.77. The smallest absolute Gasteiger partial charge is 0.309 e. The van der Waals surface area contributed by atoms with Gasteiger partial charge in [0.1, 0.15) is 24.4 Å². The van der Waals surface area contributed by atoms with Crippen molar-refractivity contribution in [1.82, 2.24) is 0 Å². The molecule has 1 saturated heterocycles. The highest BCUT2D eigenvalue weighted by molar-refractivity contribution is 5.75. The Morgan fingerprint density at radius 2 is 1.53 bits per heavy atom. The molecule has 2 aliphatic carbocycles. The molecule has 0 radical (unpaired) electrons. The Hall–Kier alpha value is -3.21. The Kier molecular flexibility index (Phi) is 8.40. The van der Waals surface area contributed by atoms with Crippen molar-refractivity contribution in [3.05, 3.63) is 23.8 Å². The number of carbonyl (C=O) groups is 5. The van der Waals surface area contributed by atoms with Gasteiger partial charge in [-0.1, -0.05) is 19.1 Å². The second-order valence-electron chi connectivity index (χ2n) is 10.6. The lowest BCUT2D eigenvalue weighted by Crippen LogP contribution is -2.64. The Morgan fingerprint density at radius 3 is 2.08 bits per heavy atom. The molecule has 0 amide bonds. The minimum atomic E-state index is -2.06. The van der Waals surface area contributed by atoms with Crippen LogP contribution < -0.4 is 0 Å². The van der Waals surface area contributed by atoms with Crippen molar-refractivity contribution in [3.63, 3.8) is 0 Å². The van der Waals surface area contributed by atoms with Gasteiger partial charge in [-0.3, -0.25) is 24.0 Å². The van der Waals surface area contributed by atoms with Gasteiger partial charge in [0, 0.05) is 40.0 Å². The fourth-order valence-electron chi connectivity index (χ4n) is 6.15. The summed E-state index contributed by atoms with van der Waals surface area (Å²) >= 11 is 0. The Bertz CT molecular complexity index is 1060. The summed E-state index contributed by atoms with van der Waals surface area (Å²) < 4.78 is 28.4. The third-order valence-corrected chi connectivity index (χ3v) is 7.77. The van der Waals surface area contributed by atoms with Gasteiger partial charge in [0.05, 0.1) is 11.8 Å². The van der Waals surface area contributed by atoms with Crippen molar-refractivity contribution in [2.24, 2.45) is 11.3 Å². The molecule has 2 fully saturated rings. The molecule has 0 unspecified atom stereocenters. The Labute approximate surface area is 221 Å². The second kappa shape index (κ2) is 10.9. The van der Waals surface area contributed by atoms with E-state index in [1.165, 1.54) is 33.8 Å². The lowest BCUT2D eigenvalue weighted by atomic mass is 9.55. The van der Waals surface area contributed by atoms with Gasteiger partial charge < -0.3 is 28.8 Å². The summed E-state index contributed by atoms with van der Waals surface area (Å²) in [5.74, 6) is -4.25. The number of esters is 5. The standard InChI is InChI=1S/C27H36O11/c1-13-8-9-20(35-16(4)29)26(7)21(36-17(5)30)11-19(34-15(3)28)14(2)10-22-27(33,12-23(32)38-22)25(24(13)26)37-18(6)31/h10,19-22,24-25,33H,1,8-9,11-12H2,2-7H3/t19-,20+,21+,22+,24-,25+,26-,27+/m1/s1. The number of aliphatic hydroxyl groups is 1. The molecular weight excluding hydrogens is 500 g/mol. The highest BCUT2D eigenvalue weighted by atomic mass is 16.6. The van der Waals surface area contributed by atoms with Crippen molar-refractivity contribution >= 4 is 29.8 Å². The van der Waals surface area contributed by atoms with E-state index >= 15 is 0 Å². The first-order chi connectivity index (χ1) is 17.6. The van der Waals surface area contributed by atoms with Crippen molar-refractivity contribution in [1.29, 1.82) is 0 Å². The van der Waals surface area contributed by atoms with Crippen LogP contribution in [0.5, 0.6) is 0 Å². The van der Waals surface area contributed by atoms with Crippen LogP contribution in [-0.2, 0) is 47.7 Å². The normalized spacial score (nSPS) is 37.0. The molecule has 210 valence electrons. The number of carbonyl (C=O) groups excluding carboxylic acids is 5. The first-order valence-electron chi connectivity index (χ1n) is 12.6. The van der Waals surface area contributed by atoms with E-state index in [4.69, 9.17) is 23.7 Å². The maximum atomic E-state index is 12.6. The number of rotatable bonds is 4. The largest absolute Gasteiger partial charge is 0.462 e. The molecule has 0 bridgehead atoms. The minimum absolute atomic E-state index is 0.0502. The van der Waals surface area contributed by atoms with Gasteiger partial charge in [0.15, 0.2) is 11.7 Å². The molecule has 8 atom stereocenters. The van der Waals surface area contributed by atoms with Gasteiger partial charge in [0.25, 0.3) is 0 Å². The van der Waals surface area contributed by atoms with Crippen molar-refractivity contribution < 1.29 is 52.8 Å².